The van der Waals surface area contributed by atoms with Crippen LogP contribution in [0, 0.1) is 19.8 Å². The highest BCUT2D eigenvalue weighted by atomic mass is 32.2. The lowest BCUT2D eigenvalue weighted by Gasteiger charge is -2.19. The summed E-state index contributed by atoms with van der Waals surface area (Å²) in [5.41, 5.74) is 4.49. The minimum Gasteiger partial charge on any atom is -0.272 e. The predicted octanol–water partition coefficient (Wildman–Crippen LogP) is 4.24. The number of allylic oxidation sites excluding steroid dienone is 1. The Morgan fingerprint density at radius 3 is 2.44 bits per heavy atom. The van der Waals surface area contributed by atoms with Gasteiger partial charge < -0.3 is 0 Å². The van der Waals surface area contributed by atoms with Gasteiger partial charge in [-0.3, -0.25) is 4.31 Å². The first-order chi connectivity index (χ1) is 11.9. The van der Waals surface area contributed by atoms with Crippen molar-refractivity contribution in [2.24, 2.45) is 5.92 Å². The van der Waals surface area contributed by atoms with Crippen molar-refractivity contribution < 1.29 is 8.42 Å². The molecule has 25 heavy (non-hydrogen) atoms. The molecule has 3 rings (SSSR count). The lowest BCUT2D eigenvalue weighted by Crippen LogP contribution is -2.27. The van der Waals surface area contributed by atoms with Crippen LogP contribution in [-0.4, -0.2) is 19.3 Å². The van der Waals surface area contributed by atoms with Gasteiger partial charge in [-0.25, -0.2) is 8.42 Å². The molecule has 1 heterocycles. The molecule has 0 bridgehead atoms. The summed E-state index contributed by atoms with van der Waals surface area (Å²) in [7, 11) is -3.52. The summed E-state index contributed by atoms with van der Waals surface area (Å²) in [6.07, 6.45) is 4.31. The maximum atomic E-state index is 12.9. The predicted molar refractivity (Wildman–Crippen MR) is 102 cm³/mol. The lowest BCUT2D eigenvalue weighted by atomic mass is 9.92. The van der Waals surface area contributed by atoms with E-state index in [0.29, 0.717) is 11.4 Å². The molecular weight excluding hydrogens is 330 g/mol. The van der Waals surface area contributed by atoms with Gasteiger partial charge in [0.15, 0.2) is 0 Å². The maximum absolute atomic E-state index is 12.9. The standard InChI is InChI=1S/C21H23NO2S/c1-4-18-14-22(25(23,24)21-11-9-16(2)10-12-21)15-20(18)13-19-8-6-5-7-17(19)3/h4-12,14,20H,1,13,15H2,2-3H3. The zero-order valence-corrected chi connectivity index (χ0v) is 15.5. The Labute approximate surface area is 150 Å². The van der Waals surface area contributed by atoms with Crippen LogP contribution in [0.2, 0.25) is 0 Å². The molecule has 2 aromatic rings. The highest BCUT2D eigenvalue weighted by molar-refractivity contribution is 7.89. The van der Waals surface area contributed by atoms with Gasteiger partial charge in [-0.2, -0.15) is 0 Å². The smallest absolute Gasteiger partial charge is 0.263 e. The van der Waals surface area contributed by atoms with Gasteiger partial charge in [0, 0.05) is 18.7 Å². The van der Waals surface area contributed by atoms with Crippen LogP contribution < -0.4 is 0 Å². The normalized spacial score (nSPS) is 17.4. The Morgan fingerprint density at radius 1 is 1.12 bits per heavy atom. The van der Waals surface area contributed by atoms with Gasteiger partial charge >= 0.3 is 0 Å². The zero-order valence-electron chi connectivity index (χ0n) is 14.6. The van der Waals surface area contributed by atoms with E-state index in [1.807, 2.05) is 31.2 Å². The Morgan fingerprint density at radius 2 is 1.80 bits per heavy atom. The first-order valence-electron chi connectivity index (χ1n) is 8.39. The van der Waals surface area contributed by atoms with E-state index in [1.54, 1.807) is 24.4 Å². The van der Waals surface area contributed by atoms with Crippen LogP contribution >= 0.6 is 0 Å². The van der Waals surface area contributed by atoms with Crippen LogP contribution in [0.15, 0.2) is 77.9 Å². The molecule has 4 heteroatoms. The fourth-order valence-corrected chi connectivity index (χ4v) is 4.55. The fraction of sp³-hybridized carbons (Fsp3) is 0.238. The Hall–Kier alpha value is -2.33. The summed E-state index contributed by atoms with van der Waals surface area (Å²) in [5.74, 6) is 0.124. The molecule has 1 aliphatic heterocycles. The number of benzene rings is 2. The molecule has 130 valence electrons. The van der Waals surface area contributed by atoms with Crippen molar-refractivity contribution in [2.45, 2.75) is 25.2 Å². The monoisotopic (exact) mass is 353 g/mol. The first-order valence-corrected chi connectivity index (χ1v) is 9.83. The molecule has 1 aliphatic rings. The van der Waals surface area contributed by atoms with E-state index in [2.05, 4.69) is 25.6 Å². The van der Waals surface area contributed by atoms with Gasteiger partial charge in [-0.05, 0) is 49.1 Å². The number of hydrogen-bond acceptors (Lipinski definition) is 2. The molecule has 3 nitrogen and oxygen atoms in total. The summed E-state index contributed by atoms with van der Waals surface area (Å²) in [6, 6.07) is 15.2. The van der Waals surface area contributed by atoms with E-state index in [4.69, 9.17) is 0 Å². The minimum atomic E-state index is -3.52. The molecular formula is C21H23NO2S. The molecule has 0 N–H and O–H groups in total. The Balaban J connectivity index is 1.86. The van der Waals surface area contributed by atoms with Crippen molar-refractivity contribution in [1.82, 2.24) is 4.31 Å². The molecule has 0 saturated carbocycles. The van der Waals surface area contributed by atoms with Crippen molar-refractivity contribution in [1.29, 1.82) is 0 Å². The number of rotatable bonds is 5. The van der Waals surface area contributed by atoms with Crippen LogP contribution in [0.4, 0.5) is 0 Å². The van der Waals surface area contributed by atoms with E-state index in [-0.39, 0.29) is 5.92 Å². The van der Waals surface area contributed by atoms with Crippen LogP contribution in [0.1, 0.15) is 16.7 Å². The summed E-state index contributed by atoms with van der Waals surface area (Å²) < 4.78 is 27.3. The second-order valence-corrected chi connectivity index (χ2v) is 8.44. The third kappa shape index (κ3) is 3.54. The second kappa shape index (κ2) is 6.89. The van der Waals surface area contributed by atoms with Gasteiger partial charge in [-0.1, -0.05) is 54.6 Å². The van der Waals surface area contributed by atoms with E-state index in [9.17, 15) is 8.42 Å². The summed E-state index contributed by atoms with van der Waals surface area (Å²) >= 11 is 0. The summed E-state index contributed by atoms with van der Waals surface area (Å²) in [5, 5.41) is 0. The Bertz CT molecular complexity index is 911. The topological polar surface area (TPSA) is 37.4 Å². The van der Waals surface area contributed by atoms with Gasteiger partial charge in [-0.15, -0.1) is 0 Å². The average Bonchev–Trinajstić information content (AvgIpc) is 3.01. The fourth-order valence-electron chi connectivity index (χ4n) is 3.17. The van der Waals surface area contributed by atoms with Gasteiger partial charge in [0.1, 0.15) is 0 Å². The lowest BCUT2D eigenvalue weighted by molar-refractivity contribution is 0.476. The highest BCUT2D eigenvalue weighted by Gasteiger charge is 2.31. The van der Waals surface area contributed by atoms with Crippen molar-refractivity contribution in [3.63, 3.8) is 0 Å². The third-order valence-electron chi connectivity index (χ3n) is 4.76. The van der Waals surface area contributed by atoms with Gasteiger partial charge in [0.25, 0.3) is 10.0 Å². The maximum Gasteiger partial charge on any atom is 0.263 e. The van der Waals surface area contributed by atoms with Crippen molar-refractivity contribution in [2.75, 3.05) is 6.54 Å². The van der Waals surface area contributed by atoms with Gasteiger partial charge in [0.2, 0.25) is 0 Å². The molecule has 0 amide bonds. The number of hydrogen-bond donors (Lipinski definition) is 0. The SMILES string of the molecule is C=CC1=CN(S(=O)(=O)c2ccc(C)cc2)CC1Cc1ccccc1C. The number of aryl methyl sites for hydroxylation is 2. The molecule has 0 saturated heterocycles. The van der Waals surface area contributed by atoms with Gasteiger partial charge in [0.05, 0.1) is 4.90 Å². The van der Waals surface area contributed by atoms with E-state index < -0.39 is 10.0 Å². The molecule has 2 aromatic carbocycles. The molecule has 0 fully saturated rings. The zero-order chi connectivity index (χ0) is 18.0. The summed E-state index contributed by atoms with van der Waals surface area (Å²) in [4.78, 5) is 0.328. The van der Waals surface area contributed by atoms with Crippen LogP contribution in [0.3, 0.4) is 0 Å². The quantitative estimate of drug-likeness (QED) is 0.806. The molecule has 0 spiro atoms. The molecule has 0 aromatic heterocycles. The molecule has 0 aliphatic carbocycles. The average molecular weight is 353 g/mol. The molecule has 0 radical (unpaired) electrons. The minimum absolute atomic E-state index is 0.124. The largest absolute Gasteiger partial charge is 0.272 e. The molecule has 1 unspecified atom stereocenters. The number of sulfonamides is 1. The third-order valence-corrected chi connectivity index (χ3v) is 6.50. The van der Waals surface area contributed by atoms with Crippen LogP contribution in [0.25, 0.3) is 0 Å². The Kier molecular flexibility index (Phi) is 4.82. The second-order valence-electron chi connectivity index (χ2n) is 6.55. The summed E-state index contributed by atoms with van der Waals surface area (Å²) in [6.45, 7) is 8.35. The van der Waals surface area contributed by atoms with E-state index >= 15 is 0 Å². The van der Waals surface area contributed by atoms with Crippen molar-refractivity contribution in [3.05, 3.63) is 89.6 Å². The number of nitrogens with zero attached hydrogens (tertiary/aromatic N) is 1. The van der Waals surface area contributed by atoms with Crippen LogP contribution in [0.5, 0.6) is 0 Å². The molecule has 1 atom stereocenters. The van der Waals surface area contributed by atoms with E-state index in [0.717, 1.165) is 17.6 Å². The van der Waals surface area contributed by atoms with E-state index in [1.165, 1.54) is 15.4 Å². The van der Waals surface area contributed by atoms with Crippen LogP contribution in [-0.2, 0) is 16.4 Å². The first kappa shape index (κ1) is 17.5. The highest BCUT2D eigenvalue weighted by Crippen LogP contribution is 2.31. The van der Waals surface area contributed by atoms with Crippen molar-refractivity contribution in [3.8, 4) is 0 Å². The van der Waals surface area contributed by atoms with Crippen molar-refractivity contribution >= 4 is 10.0 Å².